The van der Waals surface area contributed by atoms with E-state index in [2.05, 4.69) is 26.8 Å². The third-order valence-electron chi connectivity index (χ3n) is 3.89. The van der Waals surface area contributed by atoms with E-state index in [0.29, 0.717) is 13.1 Å². The van der Waals surface area contributed by atoms with Gasteiger partial charge in [-0.2, -0.15) is 5.10 Å². The van der Waals surface area contributed by atoms with Gasteiger partial charge < -0.3 is 9.47 Å². The molecule has 0 saturated carbocycles. The maximum Gasteiger partial charge on any atom is 0.244 e. The Morgan fingerprint density at radius 1 is 1.29 bits per heavy atom. The average Bonchev–Trinajstić information content (AvgIpc) is 3.01. The van der Waals surface area contributed by atoms with E-state index in [9.17, 15) is 4.79 Å². The number of nitrogens with zero attached hydrogens (tertiary/aromatic N) is 6. The second-order valence-corrected chi connectivity index (χ2v) is 5.44. The number of rotatable bonds is 3. The van der Waals surface area contributed by atoms with E-state index in [-0.39, 0.29) is 12.5 Å². The molecule has 0 atom stereocenters. The van der Waals surface area contributed by atoms with Crippen molar-refractivity contribution in [3.63, 3.8) is 0 Å². The number of fused-ring (bicyclic) bond motifs is 1. The van der Waals surface area contributed by atoms with Gasteiger partial charge in [0.1, 0.15) is 12.4 Å². The number of carbonyl (C=O) groups excluding carboxylic acids is 1. The molecular formula is C14H20N6O. The van der Waals surface area contributed by atoms with Gasteiger partial charge >= 0.3 is 0 Å². The average molecular weight is 288 g/mol. The smallest absolute Gasteiger partial charge is 0.244 e. The van der Waals surface area contributed by atoms with Crippen LogP contribution in [0.4, 0.5) is 0 Å². The molecule has 0 aliphatic carbocycles. The molecule has 1 aliphatic heterocycles. The molecule has 0 radical (unpaired) electrons. The van der Waals surface area contributed by atoms with Crippen LogP contribution in [0.3, 0.4) is 0 Å². The minimum atomic E-state index is 0.0773. The Morgan fingerprint density at radius 3 is 2.76 bits per heavy atom. The predicted octanol–water partition coefficient (Wildman–Crippen LogP) is 0.696. The number of aromatic nitrogens is 5. The van der Waals surface area contributed by atoms with Gasteiger partial charge in [0.05, 0.1) is 12.2 Å². The lowest BCUT2D eigenvalue weighted by atomic mass is 10.3. The summed E-state index contributed by atoms with van der Waals surface area (Å²) in [5.41, 5.74) is 1.94. The Labute approximate surface area is 123 Å². The summed E-state index contributed by atoms with van der Waals surface area (Å²) in [4.78, 5) is 14.3. The van der Waals surface area contributed by atoms with E-state index in [4.69, 9.17) is 0 Å². The molecule has 0 fully saturated rings. The fourth-order valence-electron chi connectivity index (χ4n) is 2.76. The maximum atomic E-state index is 12.4. The van der Waals surface area contributed by atoms with E-state index in [1.165, 1.54) is 0 Å². The van der Waals surface area contributed by atoms with Crippen molar-refractivity contribution in [3.8, 4) is 0 Å². The van der Waals surface area contributed by atoms with Gasteiger partial charge in [-0.05, 0) is 19.9 Å². The molecule has 7 heteroatoms. The van der Waals surface area contributed by atoms with E-state index in [1.54, 1.807) is 4.68 Å². The molecule has 1 amide bonds. The van der Waals surface area contributed by atoms with Gasteiger partial charge in [0, 0.05) is 25.2 Å². The third-order valence-corrected chi connectivity index (χ3v) is 3.89. The minimum Gasteiger partial charge on any atom is -0.332 e. The van der Waals surface area contributed by atoms with Crippen LogP contribution in [0.25, 0.3) is 0 Å². The highest BCUT2D eigenvalue weighted by Gasteiger charge is 2.24. The first kappa shape index (κ1) is 13.8. The second kappa shape index (κ2) is 5.31. The molecule has 0 spiro atoms. The van der Waals surface area contributed by atoms with E-state index in [0.717, 1.165) is 36.0 Å². The lowest BCUT2D eigenvalue weighted by Gasteiger charge is -2.28. The van der Waals surface area contributed by atoms with Crippen molar-refractivity contribution in [2.24, 2.45) is 0 Å². The lowest BCUT2D eigenvalue weighted by molar-refractivity contribution is -0.133. The fourth-order valence-corrected chi connectivity index (χ4v) is 2.76. The van der Waals surface area contributed by atoms with E-state index < -0.39 is 0 Å². The van der Waals surface area contributed by atoms with Crippen molar-refractivity contribution in [1.29, 1.82) is 0 Å². The number of amides is 1. The molecule has 7 nitrogen and oxygen atoms in total. The van der Waals surface area contributed by atoms with Crippen LogP contribution < -0.4 is 0 Å². The summed E-state index contributed by atoms with van der Waals surface area (Å²) in [6.07, 6.45) is 0.868. The van der Waals surface area contributed by atoms with Crippen LogP contribution >= 0.6 is 0 Å². The molecule has 0 aromatic carbocycles. The summed E-state index contributed by atoms with van der Waals surface area (Å²) in [5, 5.41) is 12.7. The Bertz CT molecular complexity index is 671. The SMILES string of the molecule is CCc1nnc2n1CCN(C(=O)Cn1nc(C)cc1C)C2. The number of hydrogen-bond acceptors (Lipinski definition) is 4. The molecule has 21 heavy (non-hydrogen) atoms. The first-order valence-corrected chi connectivity index (χ1v) is 7.28. The largest absolute Gasteiger partial charge is 0.332 e. The van der Waals surface area contributed by atoms with Crippen molar-refractivity contribution in [1.82, 2.24) is 29.4 Å². The maximum absolute atomic E-state index is 12.4. The van der Waals surface area contributed by atoms with Crippen LogP contribution in [0.1, 0.15) is 30.0 Å². The zero-order chi connectivity index (χ0) is 15.0. The number of carbonyl (C=O) groups is 1. The Morgan fingerprint density at radius 2 is 2.10 bits per heavy atom. The summed E-state index contributed by atoms with van der Waals surface area (Å²) in [6.45, 7) is 8.26. The monoisotopic (exact) mass is 288 g/mol. The molecule has 3 heterocycles. The quantitative estimate of drug-likeness (QED) is 0.833. The van der Waals surface area contributed by atoms with Crippen LogP contribution in [0.5, 0.6) is 0 Å². The first-order chi connectivity index (χ1) is 10.1. The molecule has 2 aromatic rings. The fraction of sp³-hybridized carbons (Fsp3) is 0.571. The summed E-state index contributed by atoms with van der Waals surface area (Å²) >= 11 is 0. The standard InChI is InChI=1S/C14H20N6O/c1-4-12-15-16-13-8-18(5-6-19(12)13)14(21)9-20-11(3)7-10(2)17-20/h7H,4-6,8-9H2,1-3H3. The van der Waals surface area contributed by atoms with E-state index >= 15 is 0 Å². The Balaban J connectivity index is 1.71. The van der Waals surface area contributed by atoms with Crippen LogP contribution in [0.2, 0.25) is 0 Å². The van der Waals surface area contributed by atoms with Crippen molar-refractivity contribution >= 4 is 5.91 Å². The van der Waals surface area contributed by atoms with Crippen LogP contribution in [0, 0.1) is 13.8 Å². The second-order valence-electron chi connectivity index (χ2n) is 5.44. The zero-order valence-corrected chi connectivity index (χ0v) is 12.7. The normalized spacial score (nSPS) is 14.3. The van der Waals surface area contributed by atoms with Gasteiger partial charge in [-0.15, -0.1) is 10.2 Å². The summed E-state index contributed by atoms with van der Waals surface area (Å²) in [6, 6.07) is 1.98. The van der Waals surface area contributed by atoms with Crippen LogP contribution in [-0.4, -0.2) is 41.9 Å². The van der Waals surface area contributed by atoms with Gasteiger partial charge in [0.25, 0.3) is 0 Å². The van der Waals surface area contributed by atoms with Crippen molar-refractivity contribution in [2.45, 2.75) is 46.8 Å². The number of hydrogen-bond donors (Lipinski definition) is 0. The zero-order valence-electron chi connectivity index (χ0n) is 12.7. The molecule has 1 aliphatic rings. The first-order valence-electron chi connectivity index (χ1n) is 7.28. The highest BCUT2D eigenvalue weighted by molar-refractivity contribution is 5.76. The van der Waals surface area contributed by atoms with Gasteiger partial charge in [0.2, 0.25) is 5.91 Å². The summed E-state index contributed by atoms with van der Waals surface area (Å²) in [5.74, 6) is 1.95. The molecule has 112 valence electrons. The van der Waals surface area contributed by atoms with Crippen molar-refractivity contribution in [2.75, 3.05) is 6.54 Å². The number of aryl methyl sites for hydroxylation is 3. The Hall–Kier alpha value is -2.18. The molecular weight excluding hydrogens is 268 g/mol. The molecule has 0 saturated heterocycles. The van der Waals surface area contributed by atoms with Crippen molar-refractivity contribution < 1.29 is 4.79 Å². The predicted molar refractivity (Wildman–Crippen MR) is 76.5 cm³/mol. The van der Waals surface area contributed by atoms with E-state index in [1.807, 2.05) is 24.8 Å². The van der Waals surface area contributed by atoms with Gasteiger partial charge in [-0.1, -0.05) is 6.92 Å². The third kappa shape index (κ3) is 2.55. The van der Waals surface area contributed by atoms with Crippen LogP contribution in [-0.2, 0) is 30.8 Å². The highest BCUT2D eigenvalue weighted by atomic mass is 16.2. The Kier molecular flexibility index (Phi) is 3.48. The topological polar surface area (TPSA) is 68.8 Å². The van der Waals surface area contributed by atoms with Gasteiger partial charge in [-0.25, -0.2) is 0 Å². The molecule has 0 N–H and O–H groups in total. The summed E-state index contributed by atoms with van der Waals surface area (Å²) < 4.78 is 3.88. The molecule has 3 rings (SSSR count). The molecule has 0 bridgehead atoms. The highest BCUT2D eigenvalue weighted by Crippen LogP contribution is 2.13. The van der Waals surface area contributed by atoms with Gasteiger partial charge in [0.15, 0.2) is 5.82 Å². The minimum absolute atomic E-state index is 0.0773. The molecule has 0 unspecified atom stereocenters. The van der Waals surface area contributed by atoms with Gasteiger partial charge in [-0.3, -0.25) is 9.48 Å². The van der Waals surface area contributed by atoms with Crippen LogP contribution in [0.15, 0.2) is 6.07 Å². The lowest BCUT2D eigenvalue weighted by Crippen LogP contribution is -2.40. The summed E-state index contributed by atoms with van der Waals surface area (Å²) in [7, 11) is 0. The van der Waals surface area contributed by atoms with Crippen molar-refractivity contribution in [3.05, 3.63) is 29.1 Å². The molecule has 2 aromatic heterocycles.